The summed E-state index contributed by atoms with van der Waals surface area (Å²) in [5, 5.41) is 4.69. The van der Waals surface area contributed by atoms with Gasteiger partial charge in [-0.15, -0.1) is 11.3 Å². The highest BCUT2D eigenvalue weighted by Gasteiger charge is 2.20. The summed E-state index contributed by atoms with van der Waals surface area (Å²) in [4.78, 5) is 7.20. The zero-order valence-corrected chi connectivity index (χ0v) is 21.7. The van der Waals surface area contributed by atoms with Crippen molar-refractivity contribution in [2.24, 2.45) is 0 Å². The lowest BCUT2D eigenvalue weighted by molar-refractivity contribution is 0.667. The molecule has 0 spiro atoms. The van der Waals surface area contributed by atoms with Crippen LogP contribution >= 0.6 is 11.3 Å². The summed E-state index contributed by atoms with van der Waals surface area (Å²) >= 11 is 1.83. The number of fused-ring (bicyclic) bond motifs is 6. The maximum absolute atomic E-state index is 6.09. The molecule has 0 aliphatic heterocycles. The van der Waals surface area contributed by atoms with Gasteiger partial charge < -0.3 is 4.42 Å². The van der Waals surface area contributed by atoms with Gasteiger partial charge in [0.2, 0.25) is 0 Å². The molecule has 4 heteroatoms. The second-order valence-electron chi connectivity index (χ2n) is 9.64. The monoisotopic (exact) mass is 518 g/mol. The summed E-state index contributed by atoms with van der Waals surface area (Å²) in [7, 11) is 0. The van der Waals surface area contributed by atoms with Crippen molar-refractivity contribution in [3.05, 3.63) is 134 Å². The van der Waals surface area contributed by atoms with Crippen LogP contribution in [-0.2, 0) is 0 Å². The number of para-hydroxylation sites is 1. The Bertz CT molecular complexity index is 2120. The lowest BCUT2D eigenvalue weighted by Gasteiger charge is -2.25. The van der Waals surface area contributed by atoms with Crippen molar-refractivity contribution in [2.45, 2.75) is 0 Å². The number of furan rings is 1. The molecule has 5 aromatic carbocycles. The molecule has 0 amide bonds. The third kappa shape index (κ3) is 3.61. The number of anilines is 3. The second-order valence-corrected chi connectivity index (χ2v) is 10.7. The third-order valence-electron chi connectivity index (χ3n) is 7.34. The first kappa shape index (κ1) is 22.1. The summed E-state index contributed by atoms with van der Waals surface area (Å²) in [6.07, 6.45) is 1.85. The molecule has 0 radical (unpaired) electrons. The van der Waals surface area contributed by atoms with Gasteiger partial charge in [0.25, 0.3) is 0 Å². The van der Waals surface area contributed by atoms with Crippen molar-refractivity contribution in [3.63, 3.8) is 0 Å². The Hall–Kier alpha value is -4.93. The molecule has 184 valence electrons. The molecule has 3 aromatic heterocycles. The van der Waals surface area contributed by atoms with Gasteiger partial charge in [0.05, 0.1) is 16.6 Å². The number of pyridine rings is 1. The Morgan fingerprint density at radius 2 is 1.28 bits per heavy atom. The van der Waals surface area contributed by atoms with Crippen LogP contribution in [0.4, 0.5) is 17.2 Å². The van der Waals surface area contributed by atoms with E-state index in [1.807, 2.05) is 35.7 Å². The van der Waals surface area contributed by atoms with Crippen LogP contribution < -0.4 is 4.90 Å². The molecule has 8 rings (SSSR count). The SMILES string of the molecule is c1ccc(-c2ccc(N(c3cc4c(cn3)oc3ccccc34)c3cccc4c3sc3ccccc34)cc2)cc1. The van der Waals surface area contributed by atoms with E-state index in [0.29, 0.717) is 0 Å². The minimum absolute atomic E-state index is 0.791. The van der Waals surface area contributed by atoms with Crippen LogP contribution in [0.15, 0.2) is 138 Å². The topological polar surface area (TPSA) is 29.3 Å². The van der Waals surface area contributed by atoms with E-state index in [0.717, 1.165) is 39.1 Å². The van der Waals surface area contributed by atoms with Gasteiger partial charge in [0.15, 0.2) is 5.58 Å². The molecule has 3 heterocycles. The van der Waals surface area contributed by atoms with Crippen molar-refractivity contribution in [2.75, 3.05) is 4.90 Å². The van der Waals surface area contributed by atoms with Crippen molar-refractivity contribution < 1.29 is 4.42 Å². The first-order valence-electron chi connectivity index (χ1n) is 13.0. The highest BCUT2D eigenvalue weighted by molar-refractivity contribution is 7.26. The molecule has 0 saturated heterocycles. The van der Waals surface area contributed by atoms with Crippen LogP contribution in [0, 0.1) is 0 Å². The van der Waals surface area contributed by atoms with E-state index in [2.05, 4.69) is 114 Å². The maximum Gasteiger partial charge on any atom is 0.153 e. The Kier molecular flexibility index (Phi) is 5.00. The lowest BCUT2D eigenvalue weighted by atomic mass is 10.0. The molecule has 0 N–H and O–H groups in total. The Morgan fingerprint density at radius 3 is 2.15 bits per heavy atom. The normalized spacial score (nSPS) is 11.6. The highest BCUT2D eigenvalue weighted by Crippen LogP contribution is 2.45. The summed E-state index contributed by atoms with van der Waals surface area (Å²) in [6.45, 7) is 0. The molecule has 8 aromatic rings. The van der Waals surface area contributed by atoms with E-state index < -0.39 is 0 Å². The standard InChI is InChI=1S/C35H22N2OS/c1-2-9-23(10-3-1)24-17-19-25(20-18-24)37(30-14-8-13-28-27-12-5-7-16-33(27)39-35(28)30)34-21-29-26-11-4-6-15-31(26)38-32(29)22-36-34/h1-22H. The highest BCUT2D eigenvalue weighted by atomic mass is 32.1. The predicted molar refractivity (Wildman–Crippen MR) is 165 cm³/mol. The molecular weight excluding hydrogens is 496 g/mol. The van der Waals surface area contributed by atoms with Gasteiger partial charge in [-0.25, -0.2) is 4.98 Å². The van der Waals surface area contributed by atoms with Crippen LogP contribution in [0.25, 0.3) is 53.2 Å². The average Bonchev–Trinajstić information content (AvgIpc) is 3.57. The number of hydrogen-bond acceptors (Lipinski definition) is 4. The van der Waals surface area contributed by atoms with Crippen LogP contribution in [0.1, 0.15) is 0 Å². The van der Waals surface area contributed by atoms with E-state index in [-0.39, 0.29) is 0 Å². The smallest absolute Gasteiger partial charge is 0.153 e. The van der Waals surface area contributed by atoms with Crippen molar-refractivity contribution >= 4 is 70.6 Å². The van der Waals surface area contributed by atoms with E-state index in [1.165, 1.54) is 31.3 Å². The molecule has 0 aliphatic rings. The van der Waals surface area contributed by atoms with E-state index in [4.69, 9.17) is 9.40 Å². The van der Waals surface area contributed by atoms with Crippen LogP contribution in [-0.4, -0.2) is 4.98 Å². The predicted octanol–water partition coefficient (Wildman–Crippen LogP) is 10.5. The van der Waals surface area contributed by atoms with Crippen molar-refractivity contribution in [1.82, 2.24) is 4.98 Å². The first-order valence-corrected chi connectivity index (χ1v) is 13.8. The Labute approximate surface area is 229 Å². The molecule has 39 heavy (non-hydrogen) atoms. The molecule has 0 bridgehead atoms. The van der Waals surface area contributed by atoms with E-state index in [1.54, 1.807) is 0 Å². The van der Waals surface area contributed by atoms with Crippen LogP contribution in [0.2, 0.25) is 0 Å². The van der Waals surface area contributed by atoms with Gasteiger partial charge in [-0.2, -0.15) is 0 Å². The Morgan fingerprint density at radius 1 is 0.564 bits per heavy atom. The summed E-state index contributed by atoms with van der Waals surface area (Å²) in [5.41, 5.74) is 6.21. The molecule has 0 atom stereocenters. The maximum atomic E-state index is 6.09. The van der Waals surface area contributed by atoms with Crippen LogP contribution in [0.5, 0.6) is 0 Å². The molecular formula is C35H22N2OS. The van der Waals surface area contributed by atoms with Crippen molar-refractivity contribution in [1.29, 1.82) is 0 Å². The fraction of sp³-hybridized carbons (Fsp3) is 0. The fourth-order valence-corrected chi connectivity index (χ4v) is 6.69. The quantitative estimate of drug-likeness (QED) is 0.232. The fourth-order valence-electron chi connectivity index (χ4n) is 5.48. The molecule has 0 saturated carbocycles. The van der Waals surface area contributed by atoms with Crippen LogP contribution in [0.3, 0.4) is 0 Å². The number of hydrogen-bond donors (Lipinski definition) is 0. The average molecular weight is 519 g/mol. The number of aromatic nitrogens is 1. The Balaban J connectivity index is 1.37. The molecule has 0 fully saturated rings. The van der Waals surface area contributed by atoms with Gasteiger partial charge >= 0.3 is 0 Å². The third-order valence-corrected chi connectivity index (χ3v) is 8.55. The lowest BCUT2D eigenvalue weighted by Crippen LogP contribution is -2.11. The largest absolute Gasteiger partial charge is 0.454 e. The van der Waals surface area contributed by atoms with E-state index >= 15 is 0 Å². The minimum Gasteiger partial charge on any atom is -0.454 e. The summed E-state index contributed by atoms with van der Waals surface area (Å²) < 4.78 is 8.62. The number of rotatable bonds is 4. The zero-order chi connectivity index (χ0) is 25.8. The van der Waals surface area contributed by atoms with Crippen molar-refractivity contribution in [3.8, 4) is 11.1 Å². The van der Waals surface area contributed by atoms with Gasteiger partial charge in [-0.3, -0.25) is 4.90 Å². The van der Waals surface area contributed by atoms with Gasteiger partial charge in [-0.05, 0) is 47.5 Å². The second kappa shape index (κ2) is 8.83. The molecule has 3 nitrogen and oxygen atoms in total. The number of thiophene rings is 1. The zero-order valence-electron chi connectivity index (χ0n) is 20.9. The van der Waals surface area contributed by atoms with Gasteiger partial charge in [0, 0.05) is 31.9 Å². The van der Waals surface area contributed by atoms with E-state index in [9.17, 15) is 0 Å². The summed E-state index contributed by atoms with van der Waals surface area (Å²) in [5.74, 6) is 0.853. The number of benzene rings is 5. The minimum atomic E-state index is 0.791. The van der Waals surface area contributed by atoms with Gasteiger partial charge in [0.1, 0.15) is 11.4 Å². The molecule has 0 aliphatic carbocycles. The first-order chi connectivity index (χ1) is 19.3. The van der Waals surface area contributed by atoms with Gasteiger partial charge in [-0.1, -0.05) is 91.0 Å². The summed E-state index contributed by atoms with van der Waals surface area (Å²) in [6, 6.07) is 44.7. The number of nitrogens with zero attached hydrogens (tertiary/aromatic N) is 2. The molecule has 0 unspecified atom stereocenters.